The highest BCUT2D eigenvalue weighted by Crippen LogP contribution is 2.32. The third-order valence-corrected chi connectivity index (χ3v) is 5.37. The van der Waals surface area contributed by atoms with Crippen LogP contribution in [0.25, 0.3) is 16.6 Å². The molecule has 2 atom stereocenters. The number of piperazine rings is 1. The fourth-order valence-corrected chi connectivity index (χ4v) is 4.07. The van der Waals surface area contributed by atoms with Crippen molar-refractivity contribution in [1.29, 1.82) is 5.26 Å². The highest BCUT2D eigenvalue weighted by atomic mass is 35.5. The number of aromatic nitrogens is 3. The minimum atomic E-state index is -0.0706. The Hall–Kier alpha value is -2.57. The zero-order valence-corrected chi connectivity index (χ0v) is 17.7. The molecule has 2 bridgehead atoms. The number of nitriles is 1. The summed E-state index contributed by atoms with van der Waals surface area (Å²) in [5, 5.41) is 26.3. The third kappa shape index (κ3) is 3.89. The SMILES string of the molecule is Cl.Cl.N#Cc1cnn2cc(OCCO)cc(-c3ccc(N4CC5CC(C4)N5)nc3)c12. The second-order valence-electron chi connectivity index (χ2n) is 7.23. The van der Waals surface area contributed by atoms with Crippen molar-refractivity contribution in [1.82, 2.24) is 19.9 Å². The Kier molecular flexibility index (Phi) is 6.68. The van der Waals surface area contributed by atoms with E-state index < -0.39 is 0 Å². The van der Waals surface area contributed by atoms with E-state index in [4.69, 9.17) is 9.84 Å². The molecule has 0 spiro atoms. The van der Waals surface area contributed by atoms with Crippen LogP contribution in [-0.2, 0) is 0 Å². The molecule has 3 aromatic rings. The van der Waals surface area contributed by atoms with Crippen LogP contribution in [0.15, 0.2) is 36.8 Å². The van der Waals surface area contributed by atoms with Crippen molar-refractivity contribution in [2.45, 2.75) is 18.5 Å². The fraction of sp³-hybridized carbons (Fsp3) is 0.350. The average Bonchev–Trinajstić information content (AvgIpc) is 3.14. The molecule has 30 heavy (non-hydrogen) atoms. The number of hydrogen-bond donors (Lipinski definition) is 2. The standard InChI is InChI=1S/C20H20N6O2.2ClH/c21-7-14-9-23-26-12-17(28-4-3-27)6-18(20(14)26)13-1-2-19(22-8-13)25-10-15-5-16(11-25)24-15;;/h1-2,6,8-9,12,15-16,24,27H,3-5,10-11H2;2*1H. The predicted octanol–water partition coefficient (Wildman–Crippen LogP) is 2.03. The number of ether oxygens (including phenoxy) is 1. The molecule has 158 valence electrons. The number of hydrogen-bond acceptors (Lipinski definition) is 7. The van der Waals surface area contributed by atoms with E-state index in [1.54, 1.807) is 16.9 Å². The van der Waals surface area contributed by atoms with E-state index in [0.717, 1.165) is 35.6 Å². The first kappa shape index (κ1) is 22.1. The molecule has 0 aliphatic carbocycles. The maximum Gasteiger partial charge on any atom is 0.138 e. The largest absolute Gasteiger partial charge is 0.490 e. The molecule has 0 radical (unpaired) electrons. The van der Waals surface area contributed by atoms with Crippen molar-refractivity contribution in [3.63, 3.8) is 0 Å². The van der Waals surface area contributed by atoms with Gasteiger partial charge in [-0.25, -0.2) is 9.50 Å². The lowest BCUT2D eigenvalue weighted by molar-refractivity contribution is 0.201. The number of rotatable bonds is 5. The van der Waals surface area contributed by atoms with Crippen molar-refractivity contribution in [2.75, 3.05) is 31.2 Å². The summed E-state index contributed by atoms with van der Waals surface area (Å²) < 4.78 is 7.21. The maximum atomic E-state index is 9.45. The van der Waals surface area contributed by atoms with Crippen LogP contribution in [0.5, 0.6) is 5.75 Å². The van der Waals surface area contributed by atoms with Gasteiger partial charge in [0.05, 0.1) is 30.1 Å². The molecule has 10 heteroatoms. The van der Waals surface area contributed by atoms with E-state index in [1.807, 2.05) is 24.4 Å². The molecule has 3 fully saturated rings. The van der Waals surface area contributed by atoms with Crippen LogP contribution >= 0.6 is 24.8 Å². The second kappa shape index (κ2) is 9.06. The van der Waals surface area contributed by atoms with Crippen molar-refractivity contribution in [3.8, 4) is 22.9 Å². The molecule has 3 aliphatic rings. The van der Waals surface area contributed by atoms with Gasteiger partial charge >= 0.3 is 0 Å². The first-order chi connectivity index (χ1) is 13.7. The number of fused-ring (bicyclic) bond motifs is 3. The van der Waals surface area contributed by atoms with Gasteiger partial charge in [0.1, 0.15) is 24.2 Å². The zero-order valence-electron chi connectivity index (χ0n) is 16.1. The van der Waals surface area contributed by atoms with Crippen LogP contribution < -0.4 is 15.0 Å². The van der Waals surface area contributed by atoms with Gasteiger partial charge < -0.3 is 20.1 Å². The van der Waals surface area contributed by atoms with Gasteiger partial charge in [0, 0.05) is 42.5 Å². The molecule has 0 amide bonds. The van der Waals surface area contributed by atoms with E-state index in [0.29, 0.717) is 23.4 Å². The smallest absolute Gasteiger partial charge is 0.138 e. The molecular formula is C20H22Cl2N6O2. The number of anilines is 1. The van der Waals surface area contributed by atoms with E-state index in [2.05, 4.69) is 26.4 Å². The molecule has 3 aliphatic heterocycles. The number of piperidine rings is 1. The molecule has 0 saturated carbocycles. The van der Waals surface area contributed by atoms with Crippen molar-refractivity contribution in [3.05, 3.63) is 42.4 Å². The van der Waals surface area contributed by atoms with Crippen LogP contribution in [-0.4, -0.2) is 58.1 Å². The lowest BCUT2D eigenvalue weighted by Gasteiger charge is -2.48. The molecule has 8 nitrogen and oxygen atoms in total. The molecule has 2 unspecified atom stereocenters. The summed E-state index contributed by atoms with van der Waals surface area (Å²) in [6.45, 7) is 2.09. The van der Waals surface area contributed by atoms with Crippen molar-refractivity contribution < 1.29 is 9.84 Å². The van der Waals surface area contributed by atoms with Crippen molar-refractivity contribution in [2.24, 2.45) is 0 Å². The topological polar surface area (TPSA) is 98.7 Å². The first-order valence-electron chi connectivity index (χ1n) is 9.37. The van der Waals surface area contributed by atoms with Gasteiger partial charge in [-0.3, -0.25) is 0 Å². The quantitative estimate of drug-likeness (QED) is 0.615. The Balaban J connectivity index is 0.00000128. The van der Waals surface area contributed by atoms with Crippen LogP contribution in [0.2, 0.25) is 0 Å². The Morgan fingerprint density at radius 3 is 2.63 bits per heavy atom. The Morgan fingerprint density at radius 2 is 2.00 bits per heavy atom. The molecule has 3 saturated heterocycles. The van der Waals surface area contributed by atoms with Crippen molar-refractivity contribution >= 4 is 36.1 Å². The summed E-state index contributed by atoms with van der Waals surface area (Å²) in [4.78, 5) is 6.99. The van der Waals surface area contributed by atoms with E-state index in [9.17, 15) is 5.26 Å². The normalized spacial score (nSPS) is 19.3. The molecule has 0 aromatic carbocycles. The fourth-order valence-electron chi connectivity index (χ4n) is 4.07. The van der Waals surface area contributed by atoms with Crippen LogP contribution in [0.4, 0.5) is 5.82 Å². The van der Waals surface area contributed by atoms with Gasteiger partial charge in [-0.2, -0.15) is 10.4 Å². The van der Waals surface area contributed by atoms with Gasteiger partial charge in [0.15, 0.2) is 0 Å². The number of nitrogens with zero attached hydrogens (tertiary/aromatic N) is 5. The third-order valence-electron chi connectivity index (χ3n) is 5.37. The van der Waals surface area contributed by atoms with E-state index >= 15 is 0 Å². The molecule has 6 rings (SSSR count). The lowest BCUT2D eigenvalue weighted by atomic mass is 9.91. The first-order valence-corrected chi connectivity index (χ1v) is 9.37. The summed E-state index contributed by atoms with van der Waals surface area (Å²) >= 11 is 0. The Labute approximate surface area is 186 Å². The average molecular weight is 449 g/mol. The number of pyridine rings is 2. The van der Waals surface area contributed by atoms with Crippen LogP contribution in [0, 0.1) is 11.3 Å². The molecule has 6 heterocycles. The Bertz CT molecular complexity index is 1050. The minimum Gasteiger partial charge on any atom is -0.490 e. The molecular weight excluding hydrogens is 427 g/mol. The van der Waals surface area contributed by atoms with Gasteiger partial charge in [0.25, 0.3) is 0 Å². The maximum absolute atomic E-state index is 9.45. The summed E-state index contributed by atoms with van der Waals surface area (Å²) in [5.41, 5.74) is 2.93. The Morgan fingerprint density at radius 1 is 1.23 bits per heavy atom. The number of aliphatic hydroxyl groups is 1. The van der Waals surface area contributed by atoms with E-state index in [1.165, 1.54) is 6.42 Å². The van der Waals surface area contributed by atoms with Gasteiger partial charge in [-0.05, 0) is 24.6 Å². The summed E-state index contributed by atoms with van der Waals surface area (Å²) in [6, 6.07) is 9.26. The van der Waals surface area contributed by atoms with Gasteiger partial charge in [0.2, 0.25) is 0 Å². The number of halogens is 2. The zero-order chi connectivity index (χ0) is 19.1. The molecule has 3 aromatic heterocycles. The summed E-state index contributed by atoms with van der Waals surface area (Å²) in [6.07, 6.45) is 6.35. The van der Waals surface area contributed by atoms with Gasteiger partial charge in [-0.1, -0.05) is 0 Å². The van der Waals surface area contributed by atoms with E-state index in [-0.39, 0.29) is 38.0 Å². The highest BCUT2D eigenvalue weighted by Gasteiger charge is 2.36. The van der Waals surface area contributed by atoms with Gasteiger partial charge in [-0.15, -0.1) is 24.8 Å². The highest BCUT2D eigenvalue weighted by molar-refractivity contribution is 5.86. The summed E-state index contributed by atoms with van der Waals surface area (Å²) in [5.74, 6) is 1.55. The number of aliphatic hydroxyl groups excluding tert-OH is 1. The number of nitrogens with one attached hydrogen (secondary N) is 1. The van der Waals surface area contributed by atoms with Crippen LogP contribution in [0.3, 0.4) is 0 Å². The monoisotopic (exact) mass is 448 g/mol. The minimum absolute atomic E-state index is 0. The molecule has 2 N–H and O–H groups in total. The summed E-state index contributed by atoms with van der Waals surface area (Å²) in [7, 11) is 0. The second-order valence-corrected chi connectivity index (χ2v) is 7.23. The lowest BCUT2D eigenvalue weighted by Crippen LogP contribution is -2.67. The van der Waals surface area contributed by atoms with Crippen LogP contribution in [0.1, 0.15) is 12.0 Å². The predicted molar refractivity (Wildman–Crippen MR) is 118 cm³/mol.